The van der Waals surface area contributed by atoms with Gasteiger partial charge in [0.2, 0.25) is 0 Å². The molecule has 0 bridgehead atoms. The normalized spacial score (nSPS) is 18.9. The van der Waals surface area contributed by atoms with Crippen LogP contribution in [0.1, 0.15) is 60.3 Å². The average molecular weight is 265 g/mol. The van der Waals surface area contributed by atoms with E-state index in [9.17, 15) is 0 Å². The van der Waals surface area contributed by atoms with Gasteiger partial charge in [0.05, 0.1) is 0 Å². The second kappa shape index (κ2) is 6.10. The fourth-order valence-electron chi connectivity index (χ4n) is 3.75. The smallest absolute Gasteiger partial charge is 0.0295 e. The van der Waals surface area contributed by atoms with Crippen molar-refractivity contribution in [3.63, 3.8) is 0 Å². The molecule has 0 amide bonds. The quantitative estimate of drug-likeness (QED) is 0.631. The van der Waals surface area contributed by atoms with E-state index in [0.717, 1.165) is 11.8 Å². The lowest BCUT2D eigenvalue weighted by molar-refractivity contribution is 0.317. The molecule has 0 spiro atoms. The Bertz CT molecular complexity index is 379. The van der Waals surface area contributed by atoms with Crippen molar-refractivity contribution < 1.29 is 0 Å². The SMILES string of the molecule is Cc1cc(C)c(C(CCl)C2CCCCC2)c(C)c1. The molecule has 1 aromatic carbocycles. The summed E-state index contributed by atoms with van der Waals surface area (Å²) >= 11 is 6.32. The van der Waals surface area contributed by atoms with Crippen molar-refractivity contribution >= 4 is 11.6 Å². The first-order valence-electron chi connectivity index (χ1n) is 7.27. The number of aryl methyl sites for hydroxylation is 3. The second-order valence-electron chi connectivity index (χ2n) is 5.97. The number of hydrogen-bond donors (Lipinski definition) is 0. The van der Waals surface area contributed by atoms with Crippen LogP contribution in [0.5, 0.6) is 0 Å². The van der Waals surface area contributed by atoms with Crippen LogP contribution in [-0.4, -0.2) is 5.88 Å². The number of alkyl halides is 1. The van der Waals surface area contributed by atoms with E-state index in [0.29, 0.717) is 5.92 Å². The van der Waals surface area contributed by atoms with E-state index >= 15 is 0 Å². The molecule has 1 fully saturated rings. The van der Waals surface area contributed by atoms with Gasteiger partial charge < -0.3 is 0 Å². The van der Waals surface area contributed by atoms with Gasteiger partial charge in [0.1, 0.15) is 0 Å². The van der Waals surface area contributed by atoms with E-state index in [-0.39, 0.29) is 0 Å². The highest BCUT2D eigenvalue weighted by Crippen LogP contribution is 2.39. The van der Waals surface area contributed by atoms with Gasteiger partial charge in [-0.15, -0.1) is 11.6 Å². The summed E-state index contributed by atoms with van der Waals surface area (Å²) in [4.78, 5) is 0. The van der Waals surface area contributed by atoms with Crippen molar-refractivity contribution in [2.24, 2.45) is 5.92 Å². The standard InChI is InChI=1S/C17H25Cl/c1-12-9-13(2)17(14(3)10-12)16(11-18)15-7-5-4-6-8-15/h9-10,15-16H,4-8,11H2,1-3H3. The third-order valence-corrected chi connectivity index (χ3v) is 4.83. The maximum absolute atomic E-state index is 6.32. The Morgan fingerprint density at radius 1 is 1.06 bits per heavy atom. The minimum atomic E-state index is 0.563. The molecule has 0 aromatic heterocycles. The zero-order valence-corrected chi connectivity index (χ0v) is 12.7. The summed E-state index contributed by atoms with van der Waals surface area (Å²) in [7, 11) is 0. The van der Waals surface area contributed by atoms with E-state index in [1.807, 2.05) is 0 Å². The van der Waals surface area contributed by atoms with Crippen LogP contribution in [0, 0.1) is 26.7 Å². The molecule has 0 saturated heterocycles. The van der Waals surface area contributed by atoms with Crippen LogP contribution in [0.3, 0.4) is 0 Å². The number of halogens is 1. The van der Waals surface area contributed by atoms with Crippen LogP contribution in [0.25, 0.3) is 0 Å². The minimum Gasteiger partial charge on any atom is -0.126 e. The van der Waals surface area contributed by atoms with Crippen LogP contribution in [0.15, 0.2) is 12.1 Å². The van der Waals surface area contributed by atoms with Crippen LogP contribution in [-0.2, 0) is 0 Å². The molecule has 1 aliphatic carbocycles. The summed E-state index contributed by atoms with van der Waals surface area (Å²) in [5.74, 6) is 2.14. The Morgan fingerprint density at radius 3 is 2.11 bits per heavy atom. The van der Waals surface area contributed by atoms with Crippen LogP contribution < -0.4 is 0 Å². The summed E-state index contributed by atoms with van der Waals surface area (Å²) in [6.07, 6.45) is 6.93. The Kier molecular flexibility index (Phi) is 4.72. The Hall–Kier alpha value is -0.490. The van der Waals surface area contributed by atoms with E-state index in [2.05, 4.69) is 32.9 Å². The molecule has 0 nitrogen and oxygen atoms in total. The van der Waals surface area contributed by atoms with Gasteiger partial charge in [0.15, 0.2) is 0 Å². The lowest BCUT2D eigenvalue weighted by Crippen LogP contribution is -2.19. The van der Waals surface area contributed by atoms with Gasteiger partial charge in [-0.05, 0) is 56.2 Å². The molecule has 1 heteroatoms. The maximum atomic E-state index is 6.32. The topological polar surface area (TPSA) is 0 Å². The molecular formula is C17H25Cl. The highest BCUT2D eigenvalue weighted by molar-refractivity contribution is 6.18. The maximum Gasteiger partial charge on any atom is 0.0295 e. The van der Waals surface area contributed by atoms with Gasteiger partial charge in [0.25, 0.3) is 0 Å². The van der Waals surface area contributed by atoms with Crippen LogP contribution in [0.4, 0.5) is 0 Å². The fraction of sp³-hybridized carbons (Fsp3) is 0.647. The van der Waals surface area contributed by atoms with Crippen LogP contribution >= 0.6 is 11.6 Å². The van der Waals surface area contributed by atoms with Gasteiger partial charge >= 0.3 is 0 Å². The molecule has 100 valence electrons. The molecule has 1 atom stereocenters. The van der Waals surface area contributed by atoms with E-state index in [1.54, 1.807) is 0 Å². The highest BCUT2D eigenvalue weighted by Gasteiger charge is 2.26. The highest BCUT2D eigenvalue weighted by atomic mass is 35.5. The molecule has 0 aliphatic heterocycles. The van der Waals surface area contributed by atoms with Gasteiger partial charge in [-0.2, -0.15) is 0 Å². The summed E-state index contributed by atoms with van der Waals surface area (Å²) < 4.78 is 0. The first-order valence-corrected chi connectivity index (χ1v) is 7.80. The van der Waals surface area contributed by atoms with Crippen molar-refractivity contribution in [2.75, 3.05) is 5.88 Å². The van der Waals surface area contributed by atoms with Crippen molar-refractivity contribution in [3.05, 3.63) is 34.4 Å². The van der Waals surface area contributed by atoms with E-state index < -0.39 is 0 Å². The molecule has 1 unspecified atom stereocenters. The average Bonchev–Trinajstić information content (AvgIpc) is 2.34. The van der Waals surface area contributed by atoms with Crippen molar-refractivity contribution in [1.82, 2.24) is 0 Å². The number of rotatable bonds is 3. The number of benzene rings is 1. The lowest BCUT2D eigenvalue weighted by Gasteiger charge is -2.31. The van der Waals surface area contributed by atoms with Crippen molar-refractivity contribution in [1.29, 1.82) is 0 Å². The molecule has 1 saturated carbocycles. The summed E-state index contributed by atoms with van der Waals surface area (Å²) in [6.45, 7) is 6.68. The lowest BCUT2D eigenvalue weighted by atomic mass is 9.75. The van der Waals surface area contributed by atoms with Crippen molar-refractivity contribution in [2.45, 2.75) is 58.8 Å². The predicted octanol–water partition coefficient (Wildman–Crippen LogP) is 5.51. The third-order valence-electron chi connectivity index (χ3n) is 4.49. The summed E-state index contributed by atoms with van der Waals surface area (Å²) in [5, 5.41) is 0. The molecule has 1 aliphatic rings. The molecule has 0 radical (unpaired) electrons. The first kappa shape index (κ1) is 13.9. The van der Waals surface area contributed by atoms with E-state index in [1.165, 1.54) is 54.4 Å². The second-order valence-corrected chi connectivity index (χ2v) is 6.28. The first-order chi connectivity index (χ1) is 8.63. The van der Waals surface area contributed by atoms with Gasteiger partial charge in [-0.1, -0.05) is 37.0 Å². The number of hydrogen-bond acceptors (Lipinski definition) is 0. The predicted molar refractivity (Wildman–Crippen MR) is 80.7 cm³/mol. The summed E-state index contributed by atoms with van der Waals surface area (Å²) in [6, 6.07) is 4.62. The summed E-state index contributed by atoms with van der Waals surface area (Å²) in [5.41, 5.74) is 5.76. The minimum absolute atomic E-state index is 0.563. The molecule has 18 heavy (non-hydrogen) atoms. The molecular weight excluding hydrogens is 240 g/mol. The van der Waals surface area contributed by atoms with Gasteiger partial charge in [0, 0.05) is 11.8 Å². The molecule has 1 aromatic rings. The molecule has 0 N–H and O–H groups in total. The Labute approximate surface area is 117 Å². The monoisotopic (exact) mass is 264 g/mol. The van der Waals surface area contributed by atoms with Gasteiger partial charge in [-0.25, -0.2) is 0 Å². The molecule has 0 heterocycles. The Balaban J connectivity index is 2.32. The largest absolute Gasteiger partial charge is 0.126 e. The fourth-order valence-corrected chi connectivity index (χ4v) is 4.16. The van der Waals surface area contributed by atoms with Gasteiger partial charge in [-0.3, -0.25) is 0 Å². The zero-order chi connectivity index (χ0) is 13.1. The zero-order valence-electron chi connectivity index (χ0n) is 11.9. The van der Waals surface area contributed by atoms with Crippen molar-refractivity contribution in [3.8, 4) is 0 Å². The Morgan fingerprint density at radius 2 is 1.61 bits per heavy atom. The third kappa shape index (κ3) is 2.91. The van der Waals surface area contributed by atoms with E-state index in [4.69, 9.17) is 11.6 Å². The van der Waals surface area contributed by atoms with Crippen LogP contribution in [0.2, 0.25) is 0 Å². The molecule has 2 rings (SSSR count).